The summed E-state index contributed by atoms with van der Waals surface area (Å²) < 4.78 is 13.6. The van der Waals surface area contributed by atoms with Crippen LogP contribution in [0.2, 0.25) is 0 Å². The number of rotatable bonds is 5. The number of carbonyl (C=O) groups is 1. The molecule has 6 rings (SSSR count). The van der Waals surface area contributed by atoms with E-state index in [1.165, 1.54) is 49.3 Å². The van der Waals surface area contributed by atoms with Crippen LogP contribution in [0.1, 0.15) is 103 Å². The zero-order valence-electron chi connectivity index (χ0n) is 28.1. The van der Waals surface area contributed by atoms with Crippen LogP contribution >= 0.6 is 15.9 Å². The van der Waals surface area contributed by atoms with Gasteiger partial charge in [-0.3, -0.25) is 4.79 Å². The molecule has 45 heavy (non-hydrogen) atoms. The summed E-state index contributed by atoms with van der Waals surface area (Å²) in [5, 5.41) is 4.69. The molecule has 2 fully saturated rings. The molecule has 0 aliphatic heterocycles. The molecule has 4 aromatic carbocycles. The molecule has 0 spiro atoms. The molecule has 0 heterocycles. The van der Waals surface area contributed by atoms with E-state index in [2.05, 4.69) is 99.9 Å². The van der Waals surface area contributed by atoms with Crippen LogP contribution in [0, 0.1) is 22.7 Å². The third-order valence-corrected chi connectivity index (χ3v) is 10.6. The van der Waals surface area contributed by atoms with Crippen molar-refractivity contribution in [2.45, 2.75) is 105 Å². The summed E-state index contributed by atoms with van der Waals surface area (Å²) in [6.45, 7) is 14.1. The molecule has 0 bridgehead atoms. The Bertz CT molecular complexity index is 1580. The van der Waals surface area contributed by atoms with E-state index in [1.807, 2.05) is 30.3 Å². The molecule has 4 aromatic rings. The van der Waals surface area contributed by atoms with Crippen LogP contribution in [0.25, 0.3) is 21.5 Å². The fraction of sp³-hybridized carbons (Fsp3) is 0.488. The maximum atomic E-state index is 10.9. The number of ether oxygens (including phenoxy) is 2. The number of hydrogen-bond donors (Lipinski definition) is 0. The van der Waals surface area contributed by atoms with Crippen LogP contribution < -0.4 is 9.47 Å². The topological polar surface area (TPSA) is 35.5 Å². The van der Waals surface area contributed by atoms with Gasteiger partial charge in [0.25, 0.3) is 0 Å². The molecule has 0 atom stereocenters. The second-order valence-corrected chi connectivity index (χ2v) is 16.4. The fourth-order valence-electron chi connectivity index (χ4n) is 7.14. The van der Waals surface area contributed by atoms with Gasteiger partial charge in [0.2, 0.25) is 0 Å². The zero-order valence-corrected chi connectivity index (χ0v) is 29.7. The van der Waals surface area contributed by atoms with Gasteiger partial charge in [-0.15, -0.1) is 0 Å². The minimum absolute atomic E-state index is 0.334. The van der Waals surface area contributed by atoms with Gasteiger partial charge in [0.05, 0.1) is 12.2 Å². The number of fused-ring (bicyclic) bond motifs is 2. The van der Waals surface area contributed by atoms with E-state index in [1.54, 1.807) is 0 Å². The van der Waals surface area contributed by atoms with Crippen LogP contribution in [0.15, 0.2) is 77.3 Å². The Labute approximate surface area is 279 Å². The normalized spacial score (nSPS) is 22.4. The van der Waals surface area contributed by atoms with E-state index >= 15 is 0 Å². The molecule has 0 amide bonds. The number of benzene rings is 4. The molecule has 4 heteroatoms. The molecule has 2 aliphatic rings. The van der Waals surface area contributed by atoms with Crippen LogP contribution in [-0.2, 0) is 0 Å². The van der Waals surface area contributed by atoms with Crippen molar-refractivity contribution >= 4 is 43.8 Å². The molecule has 0 N–H and O–H groups in total. The highest BCUT2D eigenvalue weighted by Crippen LogP contribution is 2.40. The van der Waals surface area contributed by atoms with Crippen molar-refractivity contribution in [1.29, 1.82) is 0 Å². The van der Waals surface area contributed by atoms with Crippen molar-refractivity contribution in [2.75, 3.05) is 0 Å². The molecule has 0 unspecified atom stereocenters. The summed E-state index contributed by atoms with van der Waals surface area (Å²) >= 11 is 3.52. The van der Waals surface area contributed by atoms with E-state index < -0.39 is 0 Å². The van der Waals surface area contributed by atoms with Crippen LogP contribution in [0.4, 0.5) is 0 Å². The van der Waals surface area contributed by atoms with Crippen LogP contribution in [0.3, 0.4) is 0 Å². The maximum Gasteiger partial charge on any atom is 0.150 e. The second-order valence-electron chi connectivity index (χ2n) is 15.5. The highest BCUT2D eigenvalue weighted by Gasteiger charge is 2.31. The molecular formula is C41H51BrO3. The smallest absolute Gasteiger partial charge is 0.150 e. The lowest BCUT2D eigenvalue weighted by molar-refractivity contribution is 0.0881. The Kier molecular flexibility index (Phi) is 10.6. The lowest BCUT2D eigenvalue weighted by Crippen LogP contribution is -2.30. The quantitative estimate of drug-likeness (QED) is 0.198. The fourth-order valence-corrected chi connectivity index (χ4v) is 7.51. The summed E-state index contributed by atoms with van der Waals surface area (Å²) in [5.41, 5.74) is 1.55. The predicted octanol–water partition coefficient (Wildman–Crippen LogP) is 12.2. The number of hydrogen-bond acceptors (Lipinski definition) is 3. The lowest BCUT2D eigenvalue weighted by atomic mass is 9.72. The first-order chi connectivity index (χ1) is 21.4. The highest BCUT2D eigenvalue weighted by molar-refractivity contribution is 9.10. The molecular weight excluding hydrogens is 620 g/mol. The predicted molar refractivity (Wildman–Crippen MR) is 193 cm³/mol. The molecule has 2 saturated carbocycles. The molecule has 240 valence electrons. The molecule has 0 radical (unpaired) electrons. The van der Waals surface area contributed by atoms with Crippen molar-refractivity contribution in [2.24, 2.45) is 22.7 Å². The number of aldehydes is 1. The van der Waals surface area contributed by atoms with E-state index in [0.29, 0.717) is 28.6 Å². The van der Waals surface area contributed by atoms with Gasteiger partial charge in [0, 0.05) is 10.0 Å². The zero-order chi connectivity index (χ0) is 32.2. The minimum atomic E-state index is 0.334. The third kappa shape index (κ3) is 9.12. The lowest BCUT2D eigenvalue weighted by Gasteiger charge is -2.37. The van der Waals surface area contributed by atoms with Crippen molar-refractivity contribution in [1.82, 2.24) is 0 Å². The van der Waals surface area contributed by atoms with Gasteiger partial charge in [-0.25, -0.2) is 0 Å². The Balaban J connectivity index is 0.000000178. The Hall–Kier alpha value is -2.85. The summed E-state index contributed by atoms with van der Waals surface area (Å²) in [4.78, 5) is 10.9. The Morgan fingerprint density at radius 3 is 1.40 bits per heavy atom. The monoisotopic (exact) mass is 670 g/mol. The second kappa shape index (κ2) is 14.3. The van der Waals surface area contributed by atoms with Crippen molar-refractivity contribution in [3.63, 3.8) is 0 Å². The summed E-state index contributed by atoms with van der Waals surface area (Å²) in [7, 11) is 0. The van der Waals surface area contributed by atoms with E-state index in [9.17, 15) is 4.79 Å². The van der Waals surface area contributed by atoms with E-state index in [-0.39, 0.29) is 0 Å². The van der Waals surface area contributed by atoms with Gasteiger partial charge in [-0.1, -0.05) is 87.8 Å². The number of halogens is 1. The first kappa shape index (κ1) is 33.5. The first-order valence-electron chi connectivity index (χ1n) is 16.9. The molecule has 0 saturated heterocycles. The average molecular weight is 672 g/mol. The van der Waals surface area contributed by atoms with Crippen molar-refractivity contribution in [3.8, 4) is 11.5 Å². The highest BCUT2D eigenvalue weighted by atomic mass is 79.9. The van der Waals surface area contributed by atoms with Crippen molar-refractivity contribution < 1.29 is 14.3 Å². The Morgan fingerprint density at radius 1 is 0.556 bits per heavy atom. The van der Waals surface area contributed by atoms with Gasteiger partial charge in [0.1, 0.15) is 17.8 Å². The van der Waals surface area contributed by atoms with E-state index in [4.69, 9.17) is 9.47 Å². The van der Waals surface area contributed by atoms with Gasteiger partial charge in [-0.05, 0) is 138 Å². The summed E-state index contributed by atoms with van der Waals surface area (Å²) in [5.74, 6) is 3.59. The molecule has 0 aromatic heterocycles. The molecule has 3 nitrogen and oxygen atoms in total. The van der Waals surface area contributed by atoms with Crippen LogP contribution in [-0.4, -0.2) is 18.5 Å². The Morgan fingerprint density at radius 2 is 0.956 bits per heavy atom. The standard InChI is InChI=1S/C21H26O2.C20H25BrO/c1-21(2,3)18-7-10-19(11-8-18)23-20-9-6-16-12-15(14-22)4-5-17(16)13-20;1-20(2,3)16-6-10-18(11-7-16)22-19-9-5-14-12-17(21)8-4-15(14)13-19/h4-6,9,12-14,18-19H,7-8,10-11H2,1-3H3;4-5,8-9,12-13,16,18H,6-7,10-11H2,1-3H3. The SMILES string of the molecule is CC(C)(C)C1CCC(Oc2ccc3cc(Br)ccc3c2)CC1.CC(C)(C)C1CCC(Oc2ccc3cc(C=O)ccc3c2)CC1. The van der Waals surface area contributed by atoms with Gasteiger partial charge in [-0.2, -0.15) is 0 Å². The summed E-state index contributed by atoms with van der Waals surface area (Å²) in [6.07, 6.45) is 11.3. The number of carbonyl (C=O) groups excluding carboxylic acids is 1. The molecule has 2 aliphatic carbocycles. The summed E-state index contributed by atoms with van der Waals surface area (Å²) in [6, 6.07) is 24.7. The minimum Gasteiger partial charge on any atom is -0.490 e. The van der Waals surface area contributed by atoms with Gasteiger partial charge in [0.15, 0.2) is 0 Å². The first-order valence-corrected chi connectivity index (χ1v) is 17.7. The van der Waals surface area contributed by atoms with Gasteiger partial charge < -0.3 is 9.47 Å². The van der Waals surface area contributed by atoms with E-state index in [0.717, 1.165) is 57.7 Å². The maximum absolute atomic E-state index is 10.9. The third-order valence-electron chi connectivity index (χ3n) is 10.1. The average Bonchev–Trinajstić information content (AvgIpc) is 3.01. The largest absolute Gasteiger partial charge is 0.490 e. The van der Waals surface area contributed by atoms with Gasteiger partial charge >= 0.3 is 0 Å². The van der Waals surface area contributed by atoms with Crippen molar-refractivity contribution in [3.05, 3.63) is 82.8 Å². The van der Waals surface area contributed by atoms with Crippen LogP contribution in [0.5, 0.6) is 11.5 Å².